The van der Waals surface area contributed by atoms with Crippen molar-refractivity contribution in [1.82, 2.24) is 14.8 Å². The predicted octanol–water partition coefficient (Wildman–Crippen LogP) is 4.90. The number of amides is 1. The summed E-state index contributed by atoms with van der Waals surface area (Å²) in [6.07, 6.45) is 0. The topological polar surface area (TPSA) is 123 Å². The van der Waals surface area contributed by atoms with Crippen molar-refractivity contribution in [2.75, 3.05) is 11.1 Å². The molecule has 0 fully saturated rings. The number of benzene rings is 2. The van der Waals surface area contributed by atoms with Gasteiger partial charge >= 0.3 is 0 Å². The van der Waals surface area contributed by atoms with Gasteiger partial charge in [-0.05, 0) is 18.2 Å². The van der Waals surface area contributed by atoms with Crippen molar-refractivity contribution >= 4 is 68.2 Å². The molecule has 0 spiro atoms. The van der Waals surface area contributed by atoms with Gasteiger partial charge in [0.2, 0.25) is 5.91 Å². The van der Waals surface area contributed by atoms with Gasteiger partial charge in [0.15, 0.2) is 11.0 Å². The summed E-state index contributed by atoms with van der Waals surface area (Å²) in [4.78, 5) is 22.5. The molecule has 0 atom stereocenters. The lowest BCUT2D eigenvalue weighted by atomic mass is 10.2. The van der Waals surface area contributed by atoms with Crippen molar-refractivity contribution in [3.8, 4) is 17.1 Å². The molecule has 30 heavy (non-hydrogen) atoms. The number of phenolic OH excluding ortho intramolecular Hbond substituents is 1. The van der Waals surface area contributed by atoms with Gasteiger partial charge in [-0.3, -0.25) is 14.9 Å². The molecular formula is C17H12BrCl2N5O4S. The first kappa shape index (κ1) is 22.3. The van der Waals surface area contributed by atoms with Crippen LogP contribution in [0.4, 0.5) is 11.4 Å². The molecule has 0 bridgehead atoms. The number of hydrogen-bond donors (Lipinski definition) is 2. The van der Waals surface area contributed by atoms with Gasteiger partial charge in [-0.25, -0.2) is 0 Å². The quantitative estimate of drug-likeness (QED) is 0.263. The second-order valence-corrected chi connectivity index (χ2v) is 8.58. The zero-order valence-electron chi connectivity index (χ0n) is 15.1. The Morgan fingerprint density at radius 3 is 2.60 bits per heavy atom. The second-order valence-electron chi connectivity index (χ2n) is 5.91. The summed E-state index contributed by atoms with van der Waals surface area (Å²) in [5, 5.41) is 31.9. The first-order valence-electron chi connectivity index (χ1n) is 8.11. The maximum atomic E-state index is 12.3. The third-order valence-electron chi connectivity index (χ3n) is 3.87. The van der Waals surface area contributed by atoms with Crippen molar-refractivity contribution in [3.63, 3.8) is 0 Å². The molecule has 0 saturated heterocycles. The van der Waals surface area contributed by atoms with Crippen LogP contribution < -0.4 is 5.32 Å². The predicted molar refractivity (Wildman–Crippen MR) is 118 cm³/mol. The summed E-state index contributed by atoms with van der Waals surface area (Å²) < 4.78 is 2.41. The number of non-ortho nitro benzene ring substituents is 1. The van der Waals surface area contributed by atoms with Gasteiger partial charge < -0.3 is 15.0 Å². The Kier molecular flexibility index (Phi) is 6.86. The average molecular weight is 533 g/mol. The van der Waals surface area contributed by atoms with Crippen LogP contribution in [0.25, 0.3) is 11.4 Å². The second kappa shape index (κ2) is 9.21. The number of aromatic nitrogens is 3. The largest absolute Gasteiger partial charge is 0.507 e. The van der Waals surface area contributed by atoms with Crippen LogP contribution in [-0.4, -0.2) is 36.5 Å². The highest BCUT2D eigenvalue weighted by Gasteiger charge is 2.19. The Balaban J connectivity index is 1.71. The summed E-state index contributed by atoms with van der Waals surface area (Å²) in [5.41, 5.74) is 0.298. The lowest BCUT2D eigenvalue weighted by Crippen LogP contribution is -2.15. The van der Waals surface area contributed by atoms with Crippen LogP contribution >= 0.6 is 50.9 Å². The first-order chi connectivity index (χ1) is 14.2. The molecule has 0 saturated carbocycles. The van der Waals surface area contributed by atoms with Gasteiger partial charge in [0.05, 0.1) is 32.0 Å². The standard InChI is InChI=1S/C17H12BrCl2N5O4S/c1-24-16(10-4-8(18)2-3-13(10)26)22-23-17(24)30-7-14(27)21-15-11(19)5-9(25(28)29)6-12(15)20/h2-6,26H,7H2,1H3,(H,21,27). The number of halogens is 3. The number of anilines is 1. The van der Waals surface area contributed by atoms with Gasteiger partial charge in [0, 0.05) is 23.7 Å². The fraction of sp³-hybridized carbons (Fsp3) is 0.118. The minimum absolute atomic E-state index is 0.0416. The van der Waals surface area contributed by atoms with E-state index in [0.29, 0.717) is 16.5 Å². The Hall–Kier alpha value is -2.34. The van der Waals surface area contributed by atoms with Gasteiger partial charge in [0.1, 0.15) is 5.75 Å². The Labute approximate surface area is 192 Å². The summed E-state index contributed by atoms with van der Waals surface area (Å²) >= 11 is 16.5. The number of nitrogens with zero attached hydrogens (tertiary/aromatic N) is 4. The molecule has 1 heterocycles. The van der Waals surface area contributed by atoms with Crippen molar-refractivity contribution in [1.29, 1.82) is 0 Å². The van der Waals surface area contributed by atoms with Crippen molar-refractivity contribution in [3.05, 3.63) is 55.0 Å². The average Bonchev–Trinajstić information content (AvgIpc) is 3.05. The van der Waals surface area contributed by atoms with E-state index in [9.17, 15) is 20.0 Å². The Bertz CT molecular complexity index is 1130. The van der Waals surface area contributed by atoms with Gasteiger partial charge in [-0.15, -0.1) is 10.2 Å². The highest BCUT2D eigenvalue weighted by atomic mass is 79.9. The van der Waals surface area contributed by atoms with E-state index in [-0.39, 0.29) is 32.9 Å². The zero-order valence-corrected chi connectivity index (χ0v) is 19.0. The molecule has 9 nitrogen and oxygen atoms in total. The monoisotopic (exact) mass is 531 g/mol. The number of nitro groups is 1. The minimum atomic E-state index is -0.631. The van der Waals surface area contributed by atoms with Crippen LogP contribution in [0.15, 0.2) is 40.0 Å². The number of carbonyl (C=O) groups excluding carboxylic acids is 1. The third-order valence-corrected chi connectivity index (χ3v) is 5.98. The van der Waals surface area contributed by atoms with Crippen LogP contribution in [-0.2, 0) is 11.8 Å². The van der Waals surface area contributed by atoms with E-state index in [1.165, 1.54) is 6.07 Å². The SMILES string of the molecule is Cn1c(SCC(=O)Nc2c(Cl)cc([N+](=O)[O-])cc2Cl)nnc1-c1cc(Br)ccc1O. The van der Waals surface area contributed by atoms with Crippen LogP contribution in [0.1, 0.15) is 0 Å². The van der Waals surface area contributed by atoms with E-state index >= 15 is 0 Å². The minimum Gasteiger partial charge on any atom is -0.507 e. The van der Waals surface area contributed by atoms with Crippen LogP contribution in [0.2, 0.25) is 10.0 Å². The number of hydrogen-bond acceptors (Lipinski definition) is 7. The Morgan fingerprint density at radius 1 is 1.30 bits per heavy atom. The van der Waals surface area contributed by atoms with Crippen LogP contribution in [0.3, 0.4) is 0 Å². The fourth-order valence-corrected chi connectivity index (χ4v) is 4.09. The summed E-state index contributed by atoms with van der Waals surface area (Å²) in [6.45, 7) is 0. The number of phenols is 1. The number of nitro benzene ring substituents is 1. The molecule has 0 radical (unpaired) electrons. The smallest absolute Gasteiger partial charge is 0.272 e. The number of nitrogens with one attached hydrogen (secondary N) is 1. The van der Waals surface area contributed by atoms with Crippen LogP contribution in [0, 0.1) is 10.1 Å². The molecule has 156 valence electrons. The van der Waals surface area contributed by atoms with Crippen molar-refractivity contribution in [2.45, 2.75) is 5.16 Å². The van der Waals surface area contributed by atoms with Gasteiger partial charge in [-0.1, -0.05) is 50.9 Å². The molecule has 0 aliphatic carbocycles. The number of carbonyl (C=O) groups is 1. The highest BCUT2D eigenvalue weighted by Crippen LogP contribution is 2.35. The molecule has 1 amide bonds. The third kappa shape index (κ3) is 4.86. The van der Waals surface area contributed by atoms with E-state index in [2.05, 4.69) is 31.4 Å². The molecule has 1 aromatic heterocycles. The number of aromatic hydroxyl groups is 1. The van der Waals surface area contributed by atoms with E-state index in [1.807, 2.05) is 0 Å². The maximum absolute atomic E-state index is 12.3. The summed E-state index contributed by atoms with van der Waals surface area (Å²) in [6, 6.07) is 7.15. The number of thioether (sulfide) groups is 1. The molecule has 3 rings (SSSR count). The highest BCUT2D eigenvalue weighted by molar-refractivity contribution is 9.10. The van der Waals surface area contributed by atoms with Crippen LogP contribution in [0.5, 0.6) is 5.75 Å². The van der Waals surface area contributed by atoms with E-state index < -0.39 is 10.8 Å². The Morgan fingerprint density at radius 2 is 1.97 bits per heavy atom. The molecule has 2 aromatic carbocycles. The van der Waals surface area contributed by atoms with E-state index in [0.717, 1.165) is 28.4 Å². The summed E-state index contributed by atoms with van der Waals surface area (Å²) in [7, 11) is 1.71. The first-order valence-corrected chi connectivity index (χ1v) is 10.6. The molecule has 2 N–H and O–H groups in total. The van der Waals surface area contributed by atoms with Gasteiger partial charge in [0.25, 0.3) is 5.69 Å². The number of rotatable bonds is 6. The summed E-state index contributed by atoms with van der Waals surface area (Å²) in [5.74, 6) is -0.00351. The van der Waals surface area contributed by atoms with E-state index in [4.69, 9.17) is 23.2 Å². The van der Waals surface area contributed by atoms with Gasteiger partial charge in [-0.2, -0.15) is 0 Å². The maximum Gasteiger partial charge on any atom is 0.272 e. The normalized spacial score (nSPS) is 10.8. The molecule has 3 aromatic rings. The molecule has 0 aliphatic heterocycles. The van der Waals surface area contributed by atoms with Crippen molar-refractivity contribution < 1.29 is 14.8 Å². The lowest BCUT2D eigenvalue weighted by molar-refractivity contribution is -0.384. The zero-order chi connectivity index (χ0) is 22.0. The molecular weight excluding hydrogens is 521 g/mol. The fourth-order valence-electron chi connectivity index (χ4n) is 2.45. The van der Waals surface area contributed by atoms with E-state index in [1.54, 1.807) is 23.7 Å². The molecule has 0 unspecified atom stereocenters. The lowest BCUT2D eigenvalue weighted by Gasteiger charge is -2.09. The molecule has 0 aliphatic rings. The van der Waals surface area contributed by atoms with Crippen molar-refractivity contribution in [2.24, 2.45) is 7.05 Å². The molecule has 13 heteroatoms.